The molecule has 0 bridgehead atoms. The van der Waals surface area contributed by atoms with E-state index in [1.54, 1.807) is 7.11 Å². The van der Waals surface area contributed by atoms with E-state index in [1.807, 2.05) is 6.07 Å². The van der Waals surface area contributed by atoms with Gasteiger partial charge in [0, 0.05) is 10.5 Å². The van der Waals surface area contributed by atoms with Crippen molar-refractivity contribution in [3.8, 4) is 5.75 Å². The van der Waals surface area contributed by atoms with E-state index in [1.165, 1.54) is 38.0 Å². The van der Waals surface area contributed by atoms with Gasteiger partial charge in [0.25, 0.3) is 0 Å². The molecule has 0 saturated carbocycles. The maximum absolute atomic E-state index is 5.53. The molecule has 1 aliphatic rings. The van der Waals surface area contributed by atoms with E-state index < -0.39 is 0 Å². The van der Waals surface area contributed by atoms with E-state index in [0.29, 0.717) is 6.04 Å². The van der Waals surface area contributed by atoms with E-state index in [0.717, 1.165) is 21.8 Å². The Bertz CT molecular complexity index is 470. The second-order valence-corrected chi connectivity index (χ2v) is 6.92. The fourth-order valence-corrected chi connectivity index (χ4v) is 3.72. The monoisotopic (exact) mass is 354 g/mol. The molecule has 0 aliphatic carbocycles. The van der Waals surface area contributed by atoms with Crippen LogP contribution in [0, 0.1) is 12.8 Å². The predicted molar refractivity (Wildman–Crippen MR) is 93.4 cm³/mol. The number of aryl methyl sites for hydroxylation is 1. The number of nitrogens with zero attached hydrogens (tertiary/aromatic N) is 1. The van der Waals surface area contributed by atoms with E-state index in [-0.39, 0.29) is 0 Å². The van der Waals surface area contributed by atoms with Crippen LogP contribution in [0.4, 0.5) is 5.69 Å². The van der Waals surface area contributed by atoms with Crippen LogP contribution in [0.5, 0.6) is 5.75 Å². The number of benzene rings is 1. The quantitative estimate of drug-likeness (QED) is 0.852. The fourth-order valence-electron chi connectivity index (χ4n) is 3.17. The van der Waals surface area contributed by atoms with Gasteiger partial charge in [-0.25, -0.2) is 0 Å². The molecule has 0 radical (unpaired) electrons. The molecule has 3 nitrogen and oxygen atoms in total. The van der Waals surface area contributed by atoms with Gasteiger partial charge in [-0.15, -0.1) is 0 Å². The highest BCUT2D eigenvalue weighted by molar-refractivity contribution is 9.10. The third-order valence-electron chi connectivity index (χ3n) is 4.64. The molecule has 1 aliphatic heterocycles. The van der Waals surface area contributed by atoms with Crippen molar-refractivity contribution >= 4 is 21.6 Å². The SMILES string of the molecule is CCN1CCC(C(C)Nc2c(C)cc(Br)cc2OC)CC1. The van der Waals surface area contributed by atoms with Crippen molar-refractivity contribution in [2.24, 2.45) is 5.92 Å². The van der Waals surface area contributed by atoms with Gasteiger partial charge >= 0.3 is 0 Å². The van der Waals surface area contributed by atoms with Crippen LogP contribution in [0.15, 0.2) is 16.6 Å². The van der Waals surface area contributed by atoms with E-state index >= 15 is 0 Å². The highest BCUT2D eigenvalue weighted by Gasteiger charge is 2.24. The first kappa shape index (κ1) is 16.6. The minimum Gasteiger partial charge on any atom is -0.495 e. The molecule has 0 spiro atoms. The Kier molecular flexibility index (Phi) is 5.94. The summed E-state index contributed by atoms with van der Waals surface area (Å²) in [6, 6.07) is 4.64. The van der Waals surface area contributed by atoms with Crippen LogP contribution >= 0.6 is 15.9 Å². The molecule has 1 atom stereocenters. The van der Waals surface area contributed by atoms with Crippen LogP contribution in [0.1, 0.15) is 32.3 Å². The van der Waals surface area contributed by atoms with Crippen molar-refractivity contribution in [3.05, 3.63) is 22.2 Å². The van der Waals surface area contributed by atoms with Gasteiger partial charge in [-0.05, 0) is 69.9 Å². The molecule has 1 aromatic carbocycles. The van der Waals surface area contributed by atoms with Crippen molar-refractivity contribution < 1.29 is 4.74 Å². The molecule has 1 saturated heterocycles. The summed E-state index contributed by atoms with van der Waals surface area (Å²) in [6.45, 7) is 10.3. The molecule has 0 amide bonds. The molecule has 1 aromatic rings. The Hall–Kier alpha value is -0.740. The Morgan fingerprint density at radius 2 is 2.05 bits per heavy atom. The standard InChI is InChI=1S/C17H27BrN2O/c1-5-20-8-6-14(7-9-20)13(3)19-17-12(2)10-15(18)11-16(17)21-4/h10-11,13-14,19H,5-9H2,1-4H3. The topological polar surface area (TPSA) is 24.5 Å². The fraction of sp³-hybridized carbons (Fsp3) is 0.647. The minimum absolute atomic E-state index is 0.470. The highest BCUT2D eigenvalue weighted by Crippen LogP contribution is 2.34. The molecule has 21 heavy (non-hydrogen) atoms. The zero-order valence-corrected chi connectivity index (χ0v) is 15.2. The second-order valence-electron chi connectivity index (χ2n) is 6.00. The van der Waals surface area contributed by atoms with Crippen LogP contribution in [0.2, 0.25) is 0 Å². The summed E-state index contributed by atoms with van der Waals surface area (Å²) in [5.74, 6) is 1.65. The predicted octanol–water partition coefficient (Wildman–Crippen LogP) is 4.30. The average Bonchev–Trinajstić information content (AvgIpc) is 2.49. The molecule has 1 unspecified atom stereocenters. The summed E-state index contributed by atoms with van der Waals surface area (Å²) >= 11 is 3.53. The molecular weight excluding hydrogens is 328 g/mol. The Morgan fingerprint density at radius 1 is 1.38 bits per heavy atom. The van der Waals surface area contributed by atoms with Crippen LogP contribution in [0.3, 0.4) is 0 Å². The van der Waals surface area contributed by atoms with Crippen LogP contribution in [-0.2, 0) is 0 Å². The van der Waals surface area contributed by atoms with Crippen LogP contribution < -0.4 is 10.1 Å². The van der Waals surface area contributed by atoms with Gasteiger partial charge in [0.15, 0.2) is 0 Å². The maximum atomic E-state index is 5.53. The summed E-state index contributed by atoms with van der Waals surface area (Å²) in [6.07, 6.45) is 2.56. The Balaban J connectivity index is 2.04. The molecular formula is C17H27BrN2O. The number of nitrogens with one attached hydrogen (secondary N) is 1. The largest absolute Gasteiger partial charge is 0.495 e. The van der Waals surface area contributed by atoms with Gasteiger partial charge in [-0.3, -0.25) is 0 Å². The van der Waals surface area contributed by atoms with Crippen molar-refractivity contribution in [1.29, 1.82) is 0 Å². The summed E-state index contributed by atoms with van der Waals surface area (Å²) in [5, 5.41) is 3.70. The summed E-state index contributed by atoms with van der Waals surface area (Å²) in [7, 11) is 1.73. The zero-order valence-electron chi connectivity index (χ0n) is 13.6. The van der Waals surface area contributed by atoms with Gasteiger partial charge < -0.3 is 15.0 Å². The third kappa shape index (κ3) is 4.13. The molecule has 1 N–H and O–H groups in total. The maximum Gasteiger partial charge on any atom is 0.143 e. The zero-order chi connectivity index (χ0) is 15.4. The number of halogens is 1. The first-order chi connectivity index (χ1) is 10.0. The van der Waals surface area contributed by atoms with E-state index in [4.69, 9.17) is 4.74 Å². The lowest BCUT2D eigenvalue weighted by Crippen LogP contribution is -2.39. The summed E-state index contributed by atoms with van der Waals surface area (Å²) in [4.78, 5) is 2.54. The number of ether oxygens (including phenoxy) is 1. The number of methoxy groups -OCH3 is 1. The lowest BCUT2D eigenvalue weighted by molar-refractivity contribution is 0.183. The first-order valence-corrected chi connectivity index (χ1v) is 8.67. The van der Waals surface area contributed by atoms with Gasteiger partial charge in [-0.1, -0.05) is 22.9 Å². The van der Waals surface area contributed by atoms with Gasteiger partial charge in [-0.2, -0.15) is 0 Å². The van der Waals surface area contributed by atoms with Crippen LogP contribution in [-0.4, -0.2) is 37.7 Å². The molecule has 1 fully saturated rings. The Labute approximate surface area is 137 Å². The number of hydrogen-bond donors (Lipinski definition) is 1. The molecule has 2 rings (SSSR count). The lowest BCUT2D eigenvalue weighted by Gasteiger charge is -2.35. The van der Waals surface area contributed by atoms with Gasteiger partial charge in [0.1, 0.15) is 5.75 Å². The van der Waals surface area contributed by atoms with Gasteiger partial charge in [0.2, 0.25) is 0 Å². The third-order valence-corrected chi connectivity index (χ3v) is 5.10. The Morgan fingerprint density at radius 3 is 2.62 bits per heavy atom. The second kappa shape index (κ2) is 7.50. The normalized spacial score (nSPS) is 18.5. The van der Waals surface area contributed by atoms with Gasteiger partial charge in [0.05, 0.1) is 12.8 Å². The molecule has 118 valence electrons. The lowest BCUT2D eigenvalue weighted by atomic mass is 9.90. The van der Waals surface area contributed by atoms with Crippen molar-refractivity contribution in [3.63, 3.8) is 0 Å². The average molecular weight is 355 g/mol. The molecule has 4 heteroatoms. The molecule has 0 aromatic heterocycles. The number of piperidine rings is 1. The first-order valence-electron chi connectivity index (χ1n) is 7.88. The highest BCUT2D eigenvalue weighted by atomic mass is 79.9. The summed E-state index contributed by atoms with van der Waals surface area (Å²) < 4.78 is 6.59. The minimum atomic E-state index is 0.470. The summed E-state index contributed by atoms with van der Waals surface area (Å²) in [5.41, 5.74) is 2.35. The van der Waals surface area contributed by atoms with Crippen molar-refractivity contribution in [2.45, 2.75) is 39.7 Å². The van der Waals surface area contributed by atoms with E-state index in [2.05, 4.69) is 53.0 Å². The van der Waals surface area contributed by atoms with Crippen molar-refractivity contribution in [2.75, 3.05) is 32.1 Å². The van der Waals surface area contributed by atoms with E-state index in [9.17, 15) is 0 Å². The number of anilines is 1. The number of likely N-dealkylation sites (tertiary alicyclic amines) is 1. The van der Waals surface area contributed by atoms with Crippen LogP contribution in [0.25, 0.3) is 0 Å². The molecule has 1 heterocycles. The number of hydrogen-bond acceptors (Lipinski definition) is 3. The van der Waals surface area contributed by atoms with Crippen molar-refractivity contribution in [1.82, 2.24) is 4.90 Å². The number of rotatable bonds is 5. The smallest absolute Gasteiger partial charge is 0.143 e.